The van der Waals surface area contributed by atoms with Crippen LogP contribution in [0.4, 0.5) is 0 Å². The second-order valence-corrected chi connectivity index (χ2v) is 23.2. The Hall–Kier alpha value is -5.82. The van der Waals surface area contributed by atoms with Crippen molar-refractivity contribution in [3.63, 3.8) is 0 Å². The summed E-state index contributed by atoms with van der Waals surface area (Å²) in [5.74, 6) is -4.54. The van der Waals surface area contributed by atoms with E-state index in [1.807, 2.05) is 0 Å². The van der Waals surface area contributed by atoms with E-state index in [9.17, 15) is 100 Å². The zero-order valence-corrected chi connectivity index (χ0v) is 51.9. The molecule has 2 aromatic rings. The number of aliphatic hydroxyl groups excluding tert-OH is 14. The normalized spacial score (nSPS) is 32.0. The average molecular weight is 1370 g/mol. The first-order valence-electron chi connectivity index (χ1n) is 30.9. The van der Waals surface area contributed by atoms with Crippen molar-refractivity contribution in [2.45, 2.75) is 232 Å². The van der Waals surface area contributed by atoms with Crippen molar-refractivity contribution in [3.8, 4) is 0 Å². The molecule has 0 bridgehead atoms. The molecule has 23 atom stereocenters. The van der Waals surface area contributed by atoms with E-state index in [1.54, 1.807) is 0 Å². The molecule has 6 amide bonds. The molecule has 0 spiro atoms. The van der Waals surface area contributed by atoms with Crippen LogP contribution in [-0.2, 0) is 93.0 Å². The molecule has 41 nitrogen and oxygen atoms in total. The molecule has 4 aliphatic rings. The Morgan fingerprint density at radius 1 is 0.495 bits per heavy atom. The Morgan fingerprint density at radius 3 is 1.23 bits per heavy atom. The summed E-state index contributed by atoms with van der Waals surface area (Å²) in [5, 5.41) is 173. The number of aliphatic hydroxyl groups is 14. The maximum absolute atomic E-state index is 13.7. The summed E-state index contributed by atoms with van der Waals surface area (Å²) in [6, 6.07) is -3.50. The van der Waals surface area contributed by atoms with E-state index in [2.05, 4.69) is 47.2 Å². The van der Waals surface area contributed by atoms with Crippen LogP contribution in [0.1, 0.15) is 76.1 Å². The minimum atomic E-state index is -1.89. The summed E-state index contributed by atoms with van der Waals surface area (Å²) in [5.41, 5.74) is 11.4. The van der Waals surface area contributed by atoms with E-state index in [0.717, 1.165) is 0 Å². The third-order valence-electron chi connectivity index (χ3n) is 16.0. The smallest absolute Gasteiger partial charge is 0.243 e. The van der Waals surface area contributed by atoms with Gasteiger partial charge in [-0.1, -0.05) is 10.4 Å². The lowest BCUT2D eigenvalue weighted by atomic mass is 9.97. The Balaban J connectivity index is 1.00. The number of amides is 6. The van der Waals surface area contributed by atoms with Gasteiger partial charge in [0.05, 0.1) is 65.1 Å². The van der Waals surface area contributed by atoms with E-state index in [-0.39, 0.29) is 63.4 Å². The van der Waals surface area contributed by atoms with Crippen molar-refractivity contribution in [3.05, 3.63) is 23.8 Å². The zero-order chi connectivity index (χ0) is 69.6. The maximum Gasteiger partial charge on any atom is 0.243 e. The predicted octanol–water partition coefficient (Wildman–Crippen LogP) is -12.5. The number of carbonyl (C=O) groups excluding carboxylic acids is 6. The second kappa shape index (κ2) is 38.4. The van der Waals surface area contributed by atoms with Gasteiger partial charge in [-0.15, -0.1) is 10.2 Å². The third-order valence-corrected chi connectivity index (χ3v) is 16.0. The fourth-order valence-electron chi connectivity index (χ4n) is 10.6. The van der Waals surface area contributed by atoms with Crippen molar-refractivity contribution >= 4 is 35.4 Å². The number of ether oxygens (including phenoxy) is 8. The monoisotopic (exact) mass is 1370 g/mol. The first-order chi connectivity index (χ1) is 45.3. The molecule has 4 fully saturated rings. The summed E-state index contributed by atoms with van der Waals surface area (Å²) in [6.45, 7) is -3.18. The Kier molecular flexibility index (Phi) is 31.6. The number of hydrogen-bond acceptors (Lipinski definition) is 33. The molecule has 2 aromatic heterocycles. The summed E-state index contributed by atoms with van der Waals surface area (Å²) in [7, 11) is 0. The van der Waals surface area contributed by atoms with E-state index in [4.69, 9.17) is 49.4 Å². The molecule has 23 N–H and O–H groups in total. The van der Waals surface area contributed by atoms with Gasteiger partial charge in [0.15, 0.2) is 25.2 Å². The Labute approximate surface area is 542 Å². The van der Waals surface area contributed by atoms with E-state index >= 15 is 0 Å². The predicted molar refractivity (Wildman–Crippen MR) is 310 cm³/mol. The SMILES string of the molecule is CC(=O)N[C@@H](CCCCn1cc(CO[C@H]2O[C@H](CO)[C@@H](O)[C@H](O)[C@@H]2O[C@H]2O[C@H](CO)[C@@H](O)[C@H](O)[C@@H]2O)nn1)C(=O)NCC(=O)N[C@@H](CCCCn1cc(CO[C@H]2O[C@H](CO)[C@@H](O)[C@H](O)[C@@H]2O[C@H]2O[C@H](CO)[C@@H](O)[C@H](O)[C@@H]2O)nn1)C(=O)NCC(=O)N[C@@H](CCCCN)C(N)=O. The van der Waals surface area contributed by atoms with E-state index in [0.29, 0.717) is 38.6 Å². The highest BCUT2D eigenvalue weighted by atomic mass is 16.8. The van der Waals surface area contributed by atoms with Gasteiger partial charge < -0.3 is 147 Å². The summed E-state index contributed by atoms with van der Waals surface area (Å²) in [4.78, 5) is 77.8. The van der Waals surface area contributed by atoms with Gasteiger partial charge in [-0.2, -0.15) is 0 Å². The lowest BCUT2D eigenvalue weighted by molar-refractivity contribution is -0.368. The highest BCUT2D eigenvalue weighted by molar-refractivity contribution is 5.94. The average Bonchev–Trinajstić information content (AvgIpc) is 1.17. The van der Waals surface area contributed by atoms with Gasteiger partial charge in [0.2, 0.25) is 35.4 Å². The minimum Gasteiger partial charge on any atom is -0.394 e. The molecular weight excluding hydrogens is 1280 g/mol. The number of nitrogens with zero attached hydrogens (tertiary/aromatic N) is 6. The molecule has 0 saturated carbocycles. The number of primary amides is 1. The van der Waals surface area contributed by atoms with Crippen molar-refractivity contribution in [1.82, 2.24) is 56.6 Å². The standard InChI is InChI=1S/C54H91N13O28/c1-24(72)59-28(9-3-6-12-66-16-25(62-64-66)22-88-53-46(42(81)38(77)32(20-70)92-53)94-51-44(83)40(79)36(75)30(18-68)90-51)49(86)57-15-35(74)61-29(50(87)58-14-34(73)60-27(48(56)85)8-2-5-11-55)10-4-7-13-67-17-26(63-65-67)23-89-54-47(43(82)39(78)33(21-71)93-54)95-52-45(84)41(80)37(76)31(19-69)91-52/h16-17,27-33,36-47,51-54,68-71,75-84H,2-15,18-23,55H2,1H3,(H2,56,85)(H,57,86)(H,58,87)(H,59,72)(H,60,73)(H,61,74)/t27-,28-,29-,30+,31+,32+,33+,36+,37+,38+,39+,40-,41-,42-,43-,44-,45-,46-,47-,51+,52+,53-,54-/m0/s1. The number of nitrogens with one attached hydrogen (secondary N) is 5. The molecule has 6 heterocycles. The Bertz CT molecular complexity index is 2700. The number of rotatable bonds is 38. The number of unbranched alkanes of at least 4 members (excludes halogenated alkanes) is 3. The van der Waals surface area contributed by atoms with E-state index < -0.39 is 216 Å². The molecule has 95 heavy (non-hydrogen) atoms. The van der Waals surface area contributed by atoms with E-state index in [1.165, 1.54) is 28.7 Å². The van der Waals surface area contributed by atoms with Crippen LogP contribution in [0, 0.1) is 0 Å². The van der Waals surface area contributed by atoms with Gasteiger partial charge in [-0.25, -0.2) is 0 Å². The third kappa shape index (κ3) is 22.3. The molecule has 0 aliphatic carbocycles. The number of aryl methyl sites for hydroxylation is 2. The highest BCUT2D eigenvalue weighted by Crippen LogP contribution is 2.32. The molecule has 0 unspecified atom stereocenters. The maximum atomic E-state index is 13.7. The topological polar surface area (TPSA) is 633 Å². The van der Waals surface area contributed by atoms with Crippen LogP contribution in [0.25, 0.3) is 0 Å². The molecular formula is C54H91N13O28. The number of nitrogens with two attached hydrogens (primary N) is 2. The molecule has 0 aromatic carbocycles. The Morgan fingerprint density at radius 2 is 0.853 bits per heavy atom. The van der Waals surface area contributed by atoms with Crippen LogP contribution >= 0.6 is 0 Å². The number of carbonyl (C=O) groups is 6. The van der Waals surface area contributed by atoms with Gasteiger partial charge in [0.1, 0.15) is 127 Å². The molecule has 6 rings (SSSR count). The molecule has 41 heteroatoms. The fourth-order valence-corrected chi connectivity index (χ4v) is 10.6. The first-order valence-corrected chi connectivity index (χ1v) is 30.9. The molecule has 4 aliphatic heterocycles. The first kappa shape index (κ1) is 78.2. The van der Waals surface area contributed by atoms with Crippen molar-refractivity contribution in [2.24, 2.45) is 11.5 Å². The van der Waals surface area contributed by atoms with Gasteiger partial charge >= 0.3 is 0 Å². The zero-order valence-electron chi connectivity index (χ0n) is 51.9. The molecule has 540 valence electrons. The number of hydrogen-bond donors (Lipinski definition) is 21. The minimum absolute atomic E-state index is 0.0380. The molecule has 4 saturated heterocycles. The quantitative estimate of drug-likeness (QED) is 0.0278. The van der Waals surface area contributed by atoms with Crippen LogP contribution in [0.5, 0.6) is 0 Å². The lowest BCUT2D eigenvalue weighted by Gasteiger charge is -2.45. The van der Waals surface area contributed by atoms with Crippen LogP contribution < -0.4 is 38.1 Å². The van der Waals surface area contributed by atoms with Gasteiger partial charge in [-0.3, -0.25) is 38.1 Å². The number of aromatic nitrogens is 6. The van der Waals surface area contributed by atoms with Crippen molar-refractivity contribution in [1.29, 1.82) is 0 Å². The van der Waals surface area contributed by atoms with Crippen LogP contribution in [0.15, 0.2) is 12.4 Å². The van der Waals surface area contributed by atoms with Gasteiger partial charge in [0, 0.05) is 20.0 Å². The van der Waals surface area contributed by atoms with Crippen molar-refractivity contribution in [2.75, 3.05) is 46.1 Å². The largest absolute Gasteiger partial charge is 0.394 e. The van der Waals surface area contributed by atoms with Crippen LogP contribution in [0.3, 0.4) is 0 Å². The van der Waals surface area contributed by atoms with Crippen LogP contribution in [-0.4, -0.2) is 324 Å². The van der Waals surface area contributed by atoms with Crippen LogP contribution in [0.2, 0.25) is 0 Å². The summed E-state index contributed by atoms with van der Waals surface area (Å²) in [6.07, 6.45) is -28.0. The second-order valence-electron chi connectivity index (χ2n) is 23.2. The fraction of sp³-hybridized carbons (Fsp3) is 0.815. The highest BCUT2D eigenvalue weighted by Gasteiger charge is 2.53. The summed E-state index contributed by atoms with van der Waals surface area (Å²) < 4.78 is 47.9. The molecule has 0 radical (unpaired) electrons. The lowest BCUT2D eigenvalue weighted by Crippen LogP contribution is -2.64. The summed E-state index contributed by atoms with van der Waals surface area (Å²) >= 11 is 0. The van der Waals surface area contributed by atoms with Crippen molar-refractivity contribution < 1.29 is 138 Å². The van der Waals surface area contributed by atoms with Gasteiger partial charge in [-0.05, 0) is 64.3 Å². The van der Waals surface area contributed by atoms with Gasteiger partial charge in [0.25, 0.3) is 0 Å².